The monoisotopic (exact) mass is 239 g/mol. The van der Waals surface area contributed by atoms with E-state index in [4.69, 9.17) is 17.3 Å². The van der Waals surface area contributed by atoms with E-state index < -0.39 is 4.92 Å². The Morgan fingerprint density at radius 2 is 2.25 bits per heavy atom. The van der Waals surface area contributed by atoms with Crippen molar-refractivity contribution in [1.82, 2.24) is 4.98 Å². The number of benzene rings is 1. The molecule has 0 spiro atoms. The zero-order chi connectivity index (χ0) is 11.7. The van der Waals surface area contributed by atoms with E-state index in [1.807, 2.05) is 0 Å². The number of nitrogens with zero attached hydrogens (tertiary/aromatic N) is 1. The SMILES string of the molecule is NCCc1c[nH]c2c([N+](=O)[O-])cc(Cl)cc12. The molecule has 0 unspecified atom stereocenters. The average Bonchev–Trinajstić information content (AvgIpc) is 2.61. The van der Waals surface area contributed by atoms with Gasteiger partial charge >= 0.3 is 0 Å². The van der Waals surface area contributed by atoms with Crippen molar-refractivity contribution in [2.24, 2.45) is 5.73 Å². The molecule has 0 aliphatic carbocycles. The van der Waals surface area contributed by atoms with Crippen molar-refractivity contribution in [2.75, 3.05) is 6.54 Å². The van der Waals surface area contributed by atoms with Gasteiger partial charge in [0.1, 0.15) is 5.52 Å². The van der Waals surface area contributed by atoms with E-state index in [0.717, 1.165) is 10.9 Å². The number of fused-ring (bicyclic) bond motifs is 1. The van der Waals surface area contributed by atoms with Crippen LogP contribution in [0.25, 0.3) is 10.9 Å². The molecule has 0 saturated heterocycles. The zero-order valence-electron chi connectivity index (χ0n) is 8.37. The highest BCUT2D eigenvalue weighted by atomic mass is 35.5. The molecule has 0 aliphatic rings. The first-order valence-electron chi connectivity index (χ1n) is 4.77. The lowest BCUT2D eigenvalue weighted by molar-refractivity contribution is -0.383. The van der Waals surface area contributed by atoms with Crippen molar-refractivity contribution in [1.29, 1.82) is 0 Å². The number of non-ortho nitro benzene ring substituents is 1. The van der Waals surface area contributed by atoms with E-state index >= 15 is 0 Å². The largest absolute Gasteiger partial charge is 0.355 e. The van der Waals surface area contributed by atoms with Crippen LogP contribution in [0.2, 0.25) is 5.02 Å². The van der Waals surface area contributed by atoms with Crippen molar-refractivity contribution in [2.45, 2.75) is 6.42 Å². The standard InChI is InChI=1S/C10H10ClN3O2/c11-7-3-8-6(1-2-12)5-13-10(8)9(4-7)14(15)16/h3-5,13H,1-2,12H2. The Morgan fingerprint density at radius 1 is 1.50 bits per heavy atom. The number of rotatable bonds is 3. The number of nitrogens with one attached hydrogen (secondary N) is 1. The fourth-order valence-electron chi connectivity index (χ4n) is 1.74. The number of nitro groups is 1. The maximum absolute atomic E-state index is 10.8. The van der Waals surface area contributed by atoms with Gasteiger partial charge < -0.3 is 10.7 Å². The maximum atomic E-state index is 10.8. The van der Waals surface area contributed by atoms with Crippen LogP contribution in [-0.4, -0.2) is 16.5 Å². The van der Waals surface area contributed by atoms with Crippen molar-refractivity contribution < 1.29 is 4.92 Å². The van der Waals surface area contributed by atoms with Gasteiger partial charge in [0.2, 0.25) is 0 Å². The number of nitrogens with two attached hydrogens (primary N) is 1. The number of H-pyrrole nitrogens is 1. The van der Waals surface area contributed by atoms with Gasteiger partial charge in [-0.2, -0.15) is 0 Å². The van der Waals surface area contributed by atoms with Crippen LogP contribution >= 0.6 is 11.6 Å². The van der Waals surface area contributed by atoms with Gasteiger partial charge in [0.25, 0.3) is 5.69 Å². The van der Waals surface area contributed by atoms with Crippen LogP contribution in [-0.2, 0) is 6.42 Å². The second-order valence-corrected chi connectivity index (χ2v) is 3.89. The molecule has 0 amide bonds. The fourth-order valence-corrected chi connectivity index (χ4v) is 1.95. The lowest BCUT2D eigenvalue weighted by Gasteiger charge is -1.98. The summed E-state index contributed by atoms with van der Waals surface area (Å²) in [6.07, 6.45) is 2.40. The first kappa shape index (κ1) is 10.9. The van der Waals surface area contributed by atoms with Gasteiger partial charge in [-0.25, -0.2) is 0 Å². The smallest absolute Gasteiger partial charge is 0.294 e. The molecule has 0 fully saturated rings. The normalized spacial score (nSPS) is 10.9. The summed E-state index contributed by atoms with van der Waals surface area (Å²) in [6.45, 7) is 0.493. The maximum Gasteiger partial charge on any atom is 0.294 e. The number of nitro benzene ring substituents is 1. The highest BCUT2D eigenvalue weighted by Crippen LogP contribution is 2.31. The molecule has 2 rings (SSSR count). The Morgan fingerprint density at radius 3 is 2.88 bits per heavy atom. The molecule has 1 heterocycles. The third-order valence-corrected chi connectivity index (χ3v) is 2.65. The molecule has 0 bridgehead atoms. The second-order valence-electron chi connectivity index (χ2n) is 3.46. The van der Waals surface area contributed by atoms with Crippen LogP contribution in [0.1, 0.15) is 5.56 Å². The first-order valence-corrected chi connectivity index (χ1v) is 5.15. The molecule has 1 aromatic heterocycles. The van der Waals surface area contributed by atoms with Crippen molar-refractivity contribution in [3.05, 3.63) is 39.0 Å². The summed E-state index contributed by atoms with van der Waals surface area (Å²) < 4.78 is 0. The summed E-state index contributed by atoms with van der Waals surface area (Å²) in [6, 6.07) is 3.05. The van der Waals surface area contributed by atoms with Crippen LogP contribution in [0.3, 0.4) is 0 Å². The van der Waals surface area contributed by atoms with Crippen LogP contribution in [0.4, 0.5) is 5.69 Å². The summed E-state index contributed by atoms with van der Waals surface area (Å²) >= 11 is 5.85. The number of aromatic nitrogens is 1. The molecule has 0 saturated carbocycles. The fraction of sp³-hybridized carbons (Fsp3) is 0.200. The molecule has 6 heteroatoms. The van der Waals surface area contributed by atoms with E-state index in [0.29, 0.717) is 23.5 Å². The van der Waals surface area contributed by atoms with Gasteiger partial charge in [-0.15, -0.1) is 0 Å². The number of hydrogen-bond acceptors (Lipinski definition) is 3. The average molecular weight is 240 g/mol. The summed E-state index contributed by atoms with van der Waals surface area (Å²) in [7, 11) is 0. The van der Waals surface area contributed by atoms with Gasteiger partial charge in [-0.05, 0) is 24.6 Å². The molecular formula is C10H10ClN3O2. The first-order chi connectivity index (χ1) is 7.63. The summed E-state index contributed by atoms with van der Waals surface area (Å²) in [5, 5.41) is 12.0. The molecule has 5 nitrogen and oxygen atoms in total. The predicted octanol–water partition coefficient (Wildman–Crippen LogP) is 2.23. The van der Waals surface area contributed by atoms with E-state index in [1.165, 1.54) is 6.07 Å². The Labute approximate surface area is 96.3 Å². The highest BCUT2D eigenvalue weighted by Gasteiger charge is 2.16. The highest BCUT2D eigenvalue weighted by molar-refractivity contribution is 6.31. The summed E-state index contributed by atoms with van der Waals surface area (Å²) in [5.74, 6) is 0. The van der Waals surface area contributed by atoms with Crippen LogP contribution < -0.4 is 5.73 Å². The minimum absolute atomic E-state index is 0.00854. The molecule has 3 N–H and O–H groups in total. The van der Waals surface area contributed by atoms with E-state index in [1.54, 1.807) is 12.3 Å². The van der Waals surface area contributed by atoms with Crippen LogP contribution in [0.15, 0.2) is 18.3 Å². The molecule has 2 aromatic rings. The minimum Gasteiger partial charge on any atom is -0.355 e. The van der Waals surface area contributed by atoms with Gasteiger partial charge in [-0.3, -0.25) is 10.1 Å². The molecule has 1 aromatic carbocycles. The van der Waals surface area contributed by atoms with Crippen molar-refractivity contribution in [3.63, 3.8) is 0 Å². The number of halogens is 1. The Hall–Kier alpha value is -1.59. The molecule has 0 atom stereocenters. The van der Waals surface area contributed by atoms with Gasteiger partial charge in [0.15, 0.2) is 0 Å². The molecule has 0 aliphatic heterocycles. The van der Waals surface area contributed by atoms with E-state index in [9.17, 15) is 10.1 Å². The minimum atomic E-state index is -0.447. The predicted molar refractivity (Wildman–Crippen MR) is 62.7 cm³/mol. The van der Waals surface area contributed by atoms with Gasteiger partial charge in [-0.1, -0.05) is 11.6 Å². The zero-order valence-corrected chi connectivity index (χ0v) is 9.12. The second kappa shape index (κ2) is 4.11. The molecule has 0 radical (unpaired) electrons. The molecule has 16 heavy (non-hydrogen) atoms. The Bertz CT molecular complexity index is 550. The van der Waals surface area contributed by atoms with Crippen molar-refractivity contribution >= 4 is 28.2 Å². The van der Waals surface area contributed by atoms with Gasteiger partial charge in [0.05, 0.1) is 4.92 Å². The lowest BCUT2D eigenvalue weighted by Crippen LogP contribution is -2.01. The summed E-state index contributed by atoms with van der Waals surface area (Å²) in [4.78, 5) is 13.3. The third-order valence-electron chi connectivity index (χ3n) is 2.43. The van der Waals surface area contributed by atoms with Crippen molar-refractivity contribution in [3.8, 4) is 0 Å². The molecular weight excluding hydrogens is 230 g/mol. The Balaban J connectivity index is 2.70. The topological polar surface area (TPSA) is 85.0 Å². The Kier molecular flexibility index (Phi) is 2.80. The number of hydrogen-bond donors (Lipinski definition) is 2. The lowest BCUT2D eigenvalue weighted by atomic mass is 10.1. The van der Waals surface area contributed by atoms with Crippen LogP contribution in [0.5, 0.6) is 0 Å². The number of aromatic amines is 1. The van der Waals surface area contributed by atoms with Crippen LogP contribution in [0, 0.1) is 10.1 Å². The third kappa shape index (κ3) is 1.75. The summed E-state index contributed by atoms with van der Waals surface area (Å²) in [5.41, 5.74) is 6.90. The van der Waals surface area contributed by atoms with E-state index in [-0.39, 0.29) is 5.69 Å². The quantitative estimate of drug-likeness (QED) is 0.636. The van der Waals surface area contributed by atoms with Gasteiger partial charge in [0, 0.05) is 22.7 Å². The van der Waals surface area contributed by atoms with E-state index in [2.05, 4.69) is 4.98 Å². The molecule has 84 valence electrons.